The summed E-state index contributed by atoms with van der Waals surface area (Å²) in [6.45, 7) is 2.89. The third-order valence-corrected chi connectivity index (χ3v) is 6.93. The number of aryl methyl sites for hydroxylation is 2. The van der Waals surface area contributed by atoms with E-state index in [1.54, 1.807) is 6.33 Å². The Hall–Kier alpha value is -1.69. The van der Waals surface area contributed by atoms with Gasteiger partial charge in [-0.25, -0.2) is 9.97 Å². The van der Waals surface area contributed by atoms with Gasteiger partial charge in [-0.3, -0.25) is 4.79 Å². The van der Waals surface area contributed by atoms with E-state index < -0.39 is 0 Å². The summed E-state index contributed by atoms with van der Waals surface area (Å²) in [4.78, 5) is 28.5. The minimum Gasteiger partial charge on any atom is -0.354 e. The minimum absolute atomic E-state index is 0.339. The van der Waals surface area contributed by atoms with E-state index in [-0.39, 0.29) is 0 Å². The van der Waals surface area contributed by atoms with Crippen molar-refractivity contribution < 1.29 is 4.79 Å². The first-order valence-corrected chi connectivity index (χ1v) is 9.92. The Morgan fingerprint density at radius 2 is 2.04 bits per heavy atom. The molecule has 4 heterocycles. The van der Waals surface area contributed by atoms with Gasteiger partial charge in [0.25, 0.3) is 0 Å². The van der Waals surface area contributed by atoms with Crippen LogP contribution < -0.4 is 4.90 Å². The number of thiophene rings is 1. The number of hydrogen-bond acceptors (Lipinski definition) is 5. The molecule has 3 aliphatic rings. The van der Waals surface area contributed by atoms with Gasteiger partial charge in [-0.05, 0) is 44.1 Å². The van der Waals surface area contributed by atoms with Gasteiger partial charge in [0.2, 0.25) is 5.91 Å². The predicted octanol–water partition coefficient (Wildman–Crippen LogP) is 2.77. The number of fused-ring (bicyclic) bond motifs is 3. The summed E-state index contributed by atoms with van der Waals surface area (Å²) in [7, 11) is 0. The highest BCUT2D eigenvalue weighted by atomic mass is 32.1. The van der Waals surface area contributed by atoms with E-state index in [0.717, 1.165) is 62.4 Å². The smallest absolute Gasteiger partial charge is 0.222 e. The van der Waals surface area contributed by atoms with Gasteiger partial charge in [-0.15, -0.1) is 11.3 Å². The molecule has 0 N–H and O–H groups in total. The summed E-state index contributed by atoms with van der Waals surface area (Å²) in [5, 5.41) is 1.29. The number of carbonyl (C=O) groups is 1. The molecule has 5 rings (SSSR count). The van der Waals surface area contributed by atoms with E-state index in [0.29, 0.717) is 11.9 Å². The summed E-state index contributed by atoms with van der Waals surface area (Å²) in [6, 6.07) is 0.352. The number of anilines is 1. The van der Waals surface area contributed by atoms with Crippen molar-refractivity contribution >= 4 is 33.3 Å². The average Bonchev–Trinajstić information content (AvgIpc) is 3.30. The van der Waals surface area contributed by atoms with Crippen molar-refractivity contribution in [1.82, 2.24) is 14.9 Å². The van der Waals surface area contributed by atoms with Gasteiger partial charge in [0.05, 0.1) is 5.39 Å². The standard InChI is InChI=1S/C18H22N4OS/c23-15-7-3-9-22(15)12-4-2-8-21(10-12)17-16-13-5-1-6-14(13)24-18(16)20-11-19-17/h11-12H,1-10H2/t12-/m1/s1. The quantitative estimate of drug-likeness (QED) is 0.842. The van der Waals surface area contributed by atoms with Crippen LogP contribution in [0, 0.1) is 0 Å². The lowest BCUT2D eigenvalue weighted by atomic mass is 10.0. The SMILES string of the molecule is O=C1CCCN1[C@@H]1CCCN(c2ncnc3sc4c(c23)CCC4)C1. The zero-order chi connectivity index (χ0) is 16.1. The number of aromatic nitrogens is 2. The molecule has 5 nitrogen and oxygen atoms in total. The Bertz CT molecular complexity index is 802. The van der Waals surface area contributed by atoms with Crippen LogP contribution in [0.15, 0.2) is 6.33 Å². The molecular weight excluding hydrogens is 320 g/mol. The maximum absolute atomic E-state index is 12.1. The molecule has 0 spiro atoms. The maximum Gasteiger partial charge on any atom is 0.222 e. The summed E-state index contributed by atoms with van der Waals surface area (Å²) < 4.78 is 0. The lowest BCUT2D eigenvalue weighted by molar-refractivity contribution is -0.129. The van der Waals surface area contributed by atoms with E-state index in [9.17, 15) is 4.79 Å². The van der Waals surface area contributed by atoms with Crippen LogP contribution in [-0.2, 0) is 17.6 Å². The normalized spacial score (nSPS) is 24.2. The van der Waals surface area contributed by atoms with Crippen molar-refractivity contribution in [3.63, 3.8) is 0 Å². The third kappa shape index (κ3) is 2.23. The van der Waals surface area contributed by atoms with Gasteiger partial charge in [0.1, 0.15) is 17.0 Å². The monoisotopic (exact) mass is 342 g/mol. The second kappa shape index (κ2) is 5.69. The summed E-state index contributed by atoms with van der Waals surface area (Å²) >= 11 is 1.85. The first-order chi connectivity index (χ1) is 11.8. The van der Waals surface area contributed by atoms with Crippen molar-refractivity contribution in [2.45, 2.75) is 51.0 Å². The van der Waals surface area contributed by atoms with Gasteiger partial charge in [-0.1, -0.05) is 0 Å². The third-order valence-electron chi connectivity index (χ3n) is 5.73. The van der Waals surface area contributed by atoms with E-state index in [1.807, 2.05) is 11.3 Å². The molecular formula is C18H22N4OS. The van der Waals surface area contributed by atoms with Crippen LogP contribution in [0.5, 0.6) is 0 Å². The minimum atomic E-state index is 0.339. The summed E-state index contributed by atoms with van der Waals surface area (Å²) in [5.74, 6) is 1.45. The molecule has 1 aliphatic carbocycles. The van der Waals surface area contributed by atoms with Crippen LogP contribution in [0.2, 0.25) is 0 Å². The van der Waals surface area contributed by atoms with Crippen LogP contribution in [-0.4, -0.2) is 46.5 Å². The molecule has 24 heavy (non-hydrogen) atoms. The highest BCUT2D eigenvalue weighted by Gasteiger charge is 2.33. The highest BCUT2D eigenvalue weighted by molar-refractivity contribution is 7.19. The number of piperidine rings is 1. The van der Waals surface area contributed by atoms with Crippen LogP contribution in [0.1, 0.15) is 42.5 Å². The van der Waals surface area contributed by atoms with Crippen LogP contribution >= 0.6 is 11.3 Å². The molecule has 0 unspecified atom stereocenters. The Balaban J connectivity index is 1.49. The van der Waals surface area contributed by atoms with Crippen molar-refractivity contribution in [2.75, 3.05) is 24.5 Å². The fourth-order valence-corrected chi connectivity index (χ4v) is 5.83. The molecule has 6 heteroatoms. The molecule has 2 aromatic heterocycles. The highest BCUT2D eigenvalue weighted by Crippen LogP contribution is 2.40. The van der Waals surface area contributed by atoms with Gasteiger partial charge in [-0.2, -0.15) is 0 Å². The zero-order valence-corrected chi connectivity index (χ0v) is 14.6. The van der Waals surface area contributed by atoms with Gasteiger partial charge in [0, 0.05) is 37.0 Å². The van der Waals surface area contributed by atoms with Crippen LogP contribution in [0.25, 0.3) is 10.2 Å². The molecule has 0 saturated carbocycles. The fraction of sp³-hybridized carbons (Fsp3) is 0.611. The summed E-state index contributed by atoms with van der Waals surface area (Å²) in [5.41, 5.74) is 1.49. The molecule has 2 aromatic rings. The Kier molecular flexibility index (Phi) is 3.47. The summed E-state index contributed by atoms with van der Waals surface area (Å²) in [6.07, 6.45) is 9.34. The molecule has 0 bridgehead atoms. The van der Waals surface area contributed by atoms with Gasteiger partial charge < -0.3 is 9.80 Å². The number of likely N-dealkylation sites (tertiary alicyclic amines) is 1. The lowest BCUT2D eigenvalue weighted by Crippen LogP contribution is -2.48. The topological polar surface area (TPSA) is 49.3 Å². The van der Waals surface area contributed by atoms with Crippen LogP contribution in [0.4, 0.5) is 5.82 Å². The fourth-order valence-electron chi connectivity index (χ4n) is 4.61. The van der Waals surface area contributed by atoms with Gasteiger partial charge >= 0.3 is 0 Å². The maximum atomic E-state index is 12.1. The molecule has 2 fully saturated rings. The largest absolute Gasteiger partial charge is 0.354 e. The number of amides is 1. The molecule has 2 aliphatic heterocycles. The molecule has 0 aromatic carbocycles. The average molecular weight is 342 g/mol. The molecule has 1 amide bonds. The van der Waals surface area contributed by atoms with E-state index >= 15 is 0 Å². The number of nitrogens with zero attached hydrogens (tertiary/aromatic N) is 4. The van der Waals surface area contributed by atoms with Crippen molar-refractivity contribution in [1.29, 1.82) is 0 Å². The number of carbonyl (C=O) groups excluding carboxylic acids is 1. The molecule has 126 valence electrons. The Morgan fingerprint density at radius 1 is 1.08 bits per heavy atom. The second-order valence-corrected chi connectivity index (χ2v) is 8.25. The first kappa shape index (κ1) is 14.6. The van der Waals surface area contributed by atoms with Crippen molar-refractivity contribution in [3.05, 3.63) is 16.8 Å². The first-order valence-electron chi connectivity index (χ1n) is 9.11. The Morgan fingerprint density at radius 3 is 2.92 bits per heavy atom. The van der Waals surface area contributed by atoms with E-state index in [1.165, 1.54) is 28.7 Å². The number of rotatable bonds is 2. The lowest BCUT2D eigenvalue weighted by Gasteiger charge is -2.38. The van der Waals surface area contributed by atoms with Crippen molar-refractivity contribution in [2.24, 2.45) is 0 Å². The van der Waals surface area contributed by atoms with E-state index in [4.69, 9.17) is 0 Å². The molecule has 0 radical (unpaired) electrons. The zero-order valence-electron chi connectivity index (χ0n) is 13.8. The Labute approximate surface area is 145 Å². The van der Waals surface area contributed by atoms with Gasteiger partial charge in [0.15, 0.2) is 0 Å². The van der Waals surface area contributed by atoms with Crippen molar-refractivity contribution in [3.8, 4) is 0 Å². The second-order valence-electron chi connectivity index (χ2n) is 7.17. The molecule has 1 atom stereocenters. The van der Waals surface area contributed by atoms with Crippen LogP contribution in [0.3, 0.4) is 0 Å². The predicted molar refractivity (Wildman–Crippen MR) is 95.6 cm³/mol. The van der Waals surface area contributed by atoms with E-state index in [2.05, 4.69) is 19.8 Å². The number of hydrogen-bond donors (Lipinski definition) is 0. The molecule has 2 saturated heterocycles.